The van der Waals surface area contributed by atoms with Gasteiger partial charge < -0.3 is 16.0 Å². The van der Waals surface area contributed by atoms with Crippen LogP contribution in [0.3, 0.4) is 0 Å². The minimum absolute atomic E-state index is 0.114. The Morgan fingerprint density at radius 1 is 0.881 bits per heavy atom. The zero-order valence-corrected chi connectivity index (χ0v) is 33.2. The fourth-order valence-corrected chi connectivity index (χ4v) is 9.51. The van der Waals surface area contributed by atoms with E-state index in [1.807, 2.05) is 42.6 Å². The lowest BCUT2D eigenvalue weighted by molar-refractivity contribution is -0.136. The molecule has 14 heteroatoms. The Morgan fingerprint density at radius 2 is 1.69 bits per heavy atom. The summed E-state index contributed by atoms with van der Waals surface area (Å²) in [6, 6.07) is 26.9. The van der Waals surface area contributed by atoms with Crippen molar-refractivity contribution in [3.8, 4) is 11.3 Å². The predicted molar refractivity (Wildman–Crippen MR) is 226 cm³/mol. The molecule has 0 radical (unpaired) electrons. The number of hydrogen-bond acceptors (Lipinski definition) is 10. The van der Waals surface area contributed by atoms with Crippen molar-refractivity contribution >= 4 is 52.5 Å². The highest BCUT2D eigenvalue weighted by molar-refractivity contribution is 7.99. The van der Waals surface area contributed by atoms with Gasteiger partial charge in [-0.2, -0.15) is 0 Å². The molecule has 3 aliphatic heterocycles. The highest BCUT2D eigenvalue weighted by Gasteiger charge is 2.40. The molecule has 0 spiro atoms. The normalized spacial score (nSPS) is 18.0. The van der Waals surface area contributed by atoms with Crippen LogP contribution in [0.25, 0.3) is 16.8 Å². The SMILES string of the molecule is Nc1nccn2c([C@@H]3CCCN3CCc3ccc(CCSc4cccc5c4CN(C4CCC(=O)NC4=O)C5=O)cc3)nc(-c3ccc(C(=O)Nc4ccccn4)cc3)c12. The number of carbonyl (C=O) groups is 4. The van der Waals surface area contributed by atoms with Crippen LogP contribution in [0, 0.1) is 0 Å². The molecule has 59 heavy (non-hydrogen) atoms. The van der Waals surface area contributed by atoms with E-state index >= 15 is 0 Å². The van der Waals surface area contributed by atoms with Crippen molar-refractivity contribution in [2.75, 3.05) is 29.9 Å². The Labute approximate surface area is 345 Å². The average molecular weight is 806 g/mol. The molecule has 1 unspecified atom stereocenters. The minimum Gasteiger partial charge on any atom is -0.382 e. The lowest BCUT2D eigenvalue weighted by Gasteiger charge is -2.29. The van der Waals surface area contributed by atoms with Crippen molar-refractivity contribution in [1.82, 2.24) is 34.5 Å². The minimum atomic E-state index is -0.619. The van der Waals surface area contributed by atoms with Gasteiger partial charge in [0.25, 0.3) is 11.8 Å². The monoisotopic (exact) mass is 805 g/mol. The molecule has 2 atom stereocenters. The molecule has 0 aliphatic carbocycles. The summed E-state index contributed by atoms with van der Waals surface area (Å²) < 4.78 is 2.07. The third-order valence-corrected chi connectivity index (χ3v) is 12.6. The van der Waals surface area contributed by atoms with Gasteiger partial charge in [-0.1, -0.05) is 48.5 Å². The van der Waals surface area contributed by atoms with Gasteiger partial charge in [-0.05, 0) is 91.7 Å². The topological polar surface area (TPSA) is 168 Å². The zero-order valence-electron chi connectivity index (χ0n) is 32.3. The van der Waals surface area contributed by atoms with Gasteiger partial charge in [-0.3, -0.25) is 33.8 Å². The molecule has 298 valence electrons. The van der Waals surface area contributed by atoms with Crippen LogP contribution in [0.1, 0.15) is 75.0 Å². The van der Waals surface area contributed by atoms with Crippen molar-refractivity contribution in [3.05, 3.63) is 137 Å². The van der Waals surface area contributed by atoms with Crippen molar-refractivity contribution < 1.29 is 19.2 Å². The first-order chi connectivity index (χ1) is 28.8. The third kappa shape index (κ3) is 7.80. The number of fused-ring (bicyclic) bond motifs is 2. The van der Waals surface area contributed by atoms with E-state index < -0.39 is 11.9 Å². The second kappa shape index (κ2) is 16.5. The maximum Gasteiger partial charge on any atom is 0.256 e. The smallest absolute Gasteiger partial charge is 0.256 e. The Hall–Kier alpha value is -6.38. The van der Waals surface area contributed by atoms with E-state index in [-0.39, 0.29) is 30.2 Å². The molecule has 6 aromatic rings. The number of benzene rings is 3. The number of piperidine rings is 1. The van der Waals surface area contributed by atoms with E-state index in [9.17, 15) is 19.2 Å². The number of hydrogen-bond donors (Lipinski definition) is 3. The Bertz CT molecular complexity index is 2560. The average Bonchev–Trinajstić information content (AvgIpc) is 3.97. The molecule has 3 aromatic carbocycles. The molecule has 3 aromatic heterocycles. The number of aromatic nitrogens is 4. The summed E-state index contributed by atoms with van der Waals surface area (Å²) in [7, 11) is 0. The van der Waals surface area contributed by atoms with E-state index in [4.69, 9.17) is 10.7 Å². The van der Waals surface area contributed by atoms with Gasteiger partial charge in [0.1, 0.15) is 34.7 Å². The lowest BCUT2D eigenvalue weighted by Crippen LogP contribution is -2.52. The summed E-state index contributed by atoms with van der Waals surface area (Å²) in [5, 5.41) is 5.21. The summed E-state index contributed by atoms with van der Waals surface area (Å²) in [5.41, 5.74) is 13.5. The molecule has 6 heterocycles. The number of thioether (sulfide) groups is 1. The number of aryl methyl sites for hydroxylation is 1. The zero-order chi connectivity index (χ0) is 40.5. The summed E-state index contributed by atoms with van der Waals surface area (Å²) in [4.78, 5) is 69.3. The number of amides is 4. The van der Waals surface area contributed by atoms with Gasteiger partial charge >= 0.3 is 0 Å². The third-order valence-electron chi connectivity index (χ3n) is 11.5. The quantitative estimate of drug-likeness (QED) is 0.0972. The highest BCUT2D eigenvalue weighted by atomic mass is 32.2. The number of carbonyl (C=O) groups excluding carboxylic acids is 4. The van der Waals surface area contributed by atoms with E-state index in [1.165, 1.54) is 11.1 Å². The van der Waals surface area contributed by atoms with Gasteiger partial charge in [0, 0.05) is 65.4 Å². The number of nitrogens with two attached hydrogens (primary N) is 1. The van der Waals surface area contributed by atoms with Crippen LogP contribution in [0.4, 0.5) is 11.6 Å². The standard InChI is InChI=1S/C45H43N9O4S/c46-41-40-39(30-13-15-31(16-14-30)43(56)49-37-8-1-2-21-47-37)51-42(53(40)25-22-48-41)34-6-4-23-52(34)24-19-28-9-11-29(12-10-28)20-26-59-36-7-3-5-32-33(36)27-54(45(32)58)35-17-18-38(55)50-44(35)57/h1-3,5,7-16,21-22,25,34-35H,4,6,17-20,23-24,26-27H2,(H2,46,48)(H,47,49,56)(H,50,55,57)/t34-,35?/m0/s1. The highest BCUT2D eigenvalue weighted by Crippen LogP contribution is 2.37. The van der Waals surface area contributed by atoms with Crippen LogP contribution in [0.2, 0.25) is 0 Å². The number of imide groups is 1. The lowest BCUT2D eigenvalue weighted by atomic mass is 10.0. The Balaban J connectivity index is 0.823. The molecule has 3 aliphatic rings. The van der Waals surface area contributed by atoms with Crippen LogP contribution < -0.4 is 16.4 Å². The molecule has 13 nitrogen and oxygen atoms in total. The largest absolute Gasteiger partial charge is 0.382 e. The van der Waals surface area contributed by atoms with Crippen LogP contribution in [0.5, 0.6) is 0 Å². The van der Waals surface area contributed by atoms with Crippen molar-refractivity contribution in [3.63, 3.8) is 0 Å². The number of rotatable bonds is 12. The first kappa shape index (κ1) is 38.2. The first-order valence-electron chi connectivity index (χ1n) is 20.0. The first-order valence-corrected chi connectivity index (χ1v) is 21.0. The molecule has 2 saturated heterocycles. The summed E-state index contributed by atoms with van der Waals surface area (Å²) in [5.74, 6) is 1.61. The van der Waals surface area contributed by atoms with Crippen LogP contribution >= 0.6 is 11.8 Å². The fourth-order valence-electron chi connectivity index (χ4n) is 8.43. The predicted octanol–water partition coefficient (Wildman–Crippen LogP) is 6.10. The van der Waals surface area contributed by atoms with Gasteiger partial charge in [-0.15, -0.1) is 11.8 Å². The number of nitrogen functional groups attached to an aromatic ring is 1. The summed E-state index contributed by atoms with van der Waals surface area (Å²) in [6.45, 7) is 2.24. The van der Waals surface area contributed by atoms with E-state index in [1.54, 1.807) is 53.3 Å². The summed E-state index contributed by atoms with van der Waals surface area (Å²) >= 11 is 1.73. The number of nitrogens with zero attached hydrogens (tertiary/aromatic N) is 6. The Kier molecular flexibility index (Phi) is 10.7. The number of imidazole rings is 1. The van der Waals surface area contributed by atoms with Crippen molar-refractivity contribution in [2.24, 2.45) is 0 Å². The van der Waals surface area contributed by atoms with Gasteiger partial charge in [0.15, 0.2) is 0 Å². The molecule has 0 bridgehead atoms. The number of likely N-dealkylation sites (tertiary alicyclic amines) is 1. The van der Waals surface area contributed by atoms with Crippen LogP contribution in [-0.2, 0) is 29.0 Å². The maximum atomic E-state index is 13.2. The van der Waals surface area contributed by atoms with Gasteiger partial charge in [0.2, 0.25) is 11.8 Å². The molecule has 9 rings (SSSR count). The maximum absolute atomic E-state index is 13.2. The molecule has 4 amide bonds. The second-order valence-corrected chi connectivity index (χ2v) is 16.3. The van der Waals surface area contributed by atoms with Crippen LogP contribution in [-0.4, -0.2) is 77.7 Å². The van der Waals surface area contributed by atoms with E-state index in [2.05, 4.69) is 54.2 Å². The van der Waals surface area contributed by atoms with Gasteiger partial charge in [0.05, 0.1) is 6.04 Å². The number of pyridine rings is 1. The van der Waals surface area contributed by atoms with Gasteiger partial charge in [-0.25, -0.2) is 15.0 Å². The van der Waals surface area contributed by atoms with Crippen molar-refractivity contribution in [1.29, 1.82) is 0 Å². The van der Waals surface area contributed by atoms with E-state index in [0.29, 0.717) is 35.7 Å². The second-order valence-electron chi connectivity index (χ2n) is 15.1. The van der Waals surface area contributed by atoms with Crippen LogP contribution in [0.15, 0.2) is 108 Å². The van der Waals surface area contributed by atoms with Crippen molar-refractivity contribution in [2.45, 2.75) is 62.0 Å². The molecule has 0 saturated carbocycles. The molecule has 4 N–H and O–H groups in total. The fraction of sp³-hybridized carbons (Fsp3) is 0.267. The Morgan fingerprint density at radius 3 is 2.47 bits per heavy atom. The molecular weight excluding hydrogens is 763 g/mol. The molecular formula is C45H43N9O4S. The molecule has 2 fully saturated rings. The summed E-state index contributed by atoms with van der Waals surface area (Å²) in [6.07, 6.45) is 9.71. The number of anilines is 2. The number of nitrogens with one attached hydrogen (secondary N) is 2. The van der Waals surface area contributed by atoms with E-state index in [0.717, 1.165) is 77.6 Å².